The zero-order valence-corrected chi connectivity index (χ0v) is 17.7. The van der Waals surface area contributed by atoms with Gasteiger partial charge in [-0.3, -0.25) is 4.68 Å². The smallest absolute Gasteiger partial charge is 0.315 e. The predicted molar refractivity (Wildman–Crippen MR) is 117 cm³/mol. The van der Waals surface area contributed by atoms with E-state index in [1.54, 1.807) is 13.3 Å². The summed E-state index contributed by atoms with van der Waals surface area (Å²) < 4.78 is 7.10. The first-order chi connectivity index (χ1) is 14.6. The Hall–Kier alpha value is -3.32. The zero-order chi connectivity index (χ0) is 21.3. The van der Waals surface area contributed by atoms with Crippen LogP contribution in [-0.2, 0) is 13.1 Å². The van der Waals surface area contributed by atoms with Gasteiger partial charge in [0.15, 0.2) is 0 Å². The van der Waals surface area contributed by atoms with E-state index in [0.717, 1.165) is 22.4 Å². The van der Waals surface area contributed by atoms with E-state index < -0.39 is 0 Å². The Balaban J connectivity index is 1.55. The number of amides is 2. The Labute approximate surface area is 177 Å². The van der Waals surface area contributed by atoms with E-state index >= 15 is 0 Å². The van der Waals surface area contributed by atoms with Crippen molar-refractivity contribution in [1.82, 2.24) is 25.3 Å². The van der Waals surface area contributed by atoms with Crippen LogP contribution in [0.2, 0.25) is 0 Å². The Morgan fingerprint density at radius 3 is 2.43 bits per heavy atom. The van der Waals surface area contributed by atoms with Crippen LogP contribution in [0.3, 0.4) is 0 Å². The quantitative estimate of drug-likeness (QED) is 0.572. The maximum absolute atomic E-state index is 12.4. The molecule has 3 rings (SSSR count). The highest BCUT2D eigenvalue weighted by Gasteiger charge is 2.15. The van der Waals surface area contributed by atoms with E-state index in [-0.39, 0.29) is 12.1 Å². The second-order valence-electron chi connectivity index (χ2n) is 7.29. The molecule has 3 aromatic rings. The number of rotatable bonds is 9. The van der Waals surface area contributed by atoms with Crippen LogP contribution in [0.4, 0.5) is 4.79 Å². The lowest BCUT2D eigenvalue weighted by Gasteiger charge is -2.25. The van der Waals surface area contributed by atoms with Crippen LogP contribution in [0.5, 0.6) is 5.75 Å². The number of methoxy groups -OCH3 is 1. The van der Waals surface area contributed by atoms with Crippen LogP contribution >= 0.6 is 0 Å². The van der Waals surface area contributed by atoms with Gasteiger partial charge >= 0.3 is 6.03 Å². The van der Waals surface area contributed by atoms with Crippen LogP contribution in [0.15, 0.2) is 67.0 Å². The number of urea groups is 1. The SMILES string of the molecule is COc1ccc(C(CNC(=O)NCc2ccccc2Cn2cccn2)N(C)C)cc1. The van der Waals surface area contributed by atoms with E-state index in [0.29, 0.717) is 19.6 Å². The van der Waals surface area contributed by atoms with Crippen molar-refractivity contribution in [3.63, 3.8) is 0 Å². The van der Waals surface area contributed by atoms with Gasteiger partial charge in [-0.05, 0) is 49.0 Å². The molecule has 1 atom stereocenters. The number of hydrogen-bond donors (Lipinski definition) is 2. The van der Waals surface area contributed by atoms with Crippen LogP contribution in [0.1, 0.15) is 22.7 Å². The monoisotopic (exact) mass is 407 g/mol. The molecule has 0 bridgehead atoms. The molecule has 0 saturated heterocycles. The third kappa shape index (κ3) is 5.84. The molecule has 0 fully saturated rings. The fourth-order valence-electron chi connectivity index (χ4n) is 3.30. The molecule has 0 radical (unpaired) electrons. The number of carbonyl (C=O) groups is 1. The van der Waals surface area contributed by atoms with Gasteiger partial charge in [0.25, 0.3) is 0 Å². The highest BCUT2D eigenvalue weighted by Crippen LogP contribution is 2.20. The van der Waals surface area contributed by atoms with Gasteiger partial charge in [0.1, 0.15) is 5.75 Å². The molecule has 7 heteroatoms. The number of nitrogens with one attached hydrogen (secondary N) is 2. The number of aromatic nitrogens is 2. The number of ether oxygens (including phenoxy) is 1. The standard InChI is InChI=1S/C23H29N5O2/c1-27(2)22(18-9-11-21(30-3)12-10-18)16-25-23(29)24-15-19-7-4-5-8-20(19)17-28-14-6-13-26-28/h4-14,22H,15-17H2,1-3H3,(H2,24,25,29). The molecule has 158 valence electrons. The topological polar surface area (TPSA) is 71.4 Å². The molecule has 2 N–H and O–H groups in total. The van der Waals surface area contributed by atoms with Crippen molar-refractivity contribution in [3.8, 4) is 5.75 Å². The summed E-state index contributed by atoms with van der Waals surface area (Å²) in [6.07, 6.45) is 3.69. The second kappa shape index (κ2) is 10.5. The van der Waals surface area contributed by atoms with E-state index in [1.807, 2.05) is 73.5 Å². The average Bonchev–Trinajstić information content (AvgIpc) is 3.26. The van der Waals surface area contributed by atoms with Crippen molar-refractivity contribution in [3.05, 3.63) is 83.7 Å². The summed E-state index contributed by atoms with van der Waals surface area (Å²) in [4.78, 5) is 14.5. The van der Waals surface area contributed by atoms with Crippen molar-refractivity contribution < 1.29 is 9.53 Å². The lowest BCUT2D eigenvalue weighted by Crippen LogP contribution is -2.40. The fourth-order valence-corrected chi connectivity index (χ4v) is 3.30. The number of hydrogen-bond acceptors (Lipinski definition) is 4. The molecule has 30 heavy (non-hydrogen) atoms. The Morgan fingerprint density at radius 2 is 1.80 bits per heavy atom. The van der Waals surface area contributed by atoms with Gasteiger partial charge in [0.05, 0.1) is 19.7 Å². The molecule has 1 unspecified atom stereocenters. The minimum Gasteiger partial charge on any atom is -0.497 e. The van der Waals surface area contributed by atoms with E-state index in [2.05, 4.69) is 26.7 Å². The molecule has 7 nitrogen and oxygen atoms in total. The first kappa shape index (κ1) is 21.4. The maximum atomic E-state index is 12.4. The molecular weight excluding hydrogens is 378 g/mol. The van der Waals surface area contributed by atoms with E-state index in [9.17, 15) is 4.79 Å². The normalized spacial score (nSPS) is 11.9. The third-order valence-electron chi connectivity index (χ3n) is 5.03. The van der Waals surface area contributed by atoms with Gasteiger partial charge in [0.2, 0.25) is 0 Å². The highest BCUT2D eigenvalue weighted by atomic mass is 16.5. The highest BCUT2D eigenvalue weighted by molar-refractivity contribution is 5.73. The van der Waals surface area contributed by atoms with E-state index in [4.69, 9.17) is 4.74 Å². The number of benzene rings is 2. The second-order valence-corrected chi connectivity index (χ2v) is 7.29. The molecule has 0 aliphatic carbocycles. The van der Waals surface area contributed by atoms with Gasteiger partial charge in [0, 0.05) is 25.5 Å². The molecule has 1 heterocycles. The first-order valence-corrected chi connectivity index (χ1v) is 9.93. The minimum atomic E-state index is -0.191. The minimum absolute atomic E-state index is 0.0637. The van der Waals surface area contributed by atoms with Crippen LogP contribution < -0.4 is 15.4 Å². The largest absolute Gasteiger partial charge is 0.497 e. The van der Waals surface area contributed by atoms with Crippen molar-refractivity contribution >= 4 is 6.03 Å². The molecule has 0 saturated carbocycles. The van der Waals surface area contributed by atoms with Crippen molar-refractivity contribution in [2.75, 3.05) is 27.7 Å². The predicted octanol–water partition coefficient (Wildman–Crippen LogP) is 3.04. The molecule has 2 amide bonds. The molecule has 0 aliphatic rings. The van der Waals surface area contributed by atoms with Gasteiger partial charge in [-0.2, -0.15) is 5.10 Å². The maximum Gasteiger partial charge on any atom is 0.315 e. The number of likely N-dealkylation sites (N-methyl/N-ethyl adjacent to an activating group) is 1. The summed E-state index contributed by atoms with van der Waals surface area (Å²) in [6, 6.07) is 17.7. The zero-order valence-electron chi connectivity index (χ0n) is 17.7. The molecular formula is C23H29N5O2. The van der Waals surface area contributed by atoms with Crippen LogP contribution in [0, 0.1) is 0 Å². The summed E-state index contributed by atoms with van der Waals surface area (Å²) >= 11 is 0. The fraction of sp³-hybridized carbons (Fsp3) is 0.304. The summed E-state index contributed by atoms with van der Waals surface area (Å²) in [5, 5.41) is 10.2. The number of nitrogens with zero attached hydrogens (tertiary/aromatic N) is 3. The lowest BCUT2D eigenvalue weighted by atomic mass is 10.1. The summed E-state index contributed by atoms with van der Waals surface area (Å²) in [5.74, 6) is 0.815. The Bertz CT molecular complexity index is 923. The van der Waals surface area contributed by atoms with Crippen LogP contribution in [0.25, 0.3) is 0 Å². The lowest BCUT2D eigenvalue weighted by molar-refractivity contribution is 0.232. The van der Waals surface area contributed by atoms with Gasteiger partial charge in [-0.25, -0.2) is 4.79 Å². The van der Waals surface area contributed by atoms with Crippen molar-refractivity contribution in [1.29, 1.82) is 0 Å². The molecule has 1 aromatic heterocycles. The third-order valence-corrected chi connectivity index (χ3v) is 5.03. The average molecular weight is 408 g/mol. The number of carbonyl (C=O) groups excluding carboxylic acids is 1. The Kier molecular flexibility index (Phi) is 7.45. The van der Waals surface area contributed by atoms with Gasteiger partial charge < -0.3 is 20.3 Å². The molecule has 0 spiro atoms. The van der Waals surface area contributed by atoms with Crippen molar-refractivity contribution in [2.45, 2.75) is 19.1 Å². The van der Waals surface area contributed by atoms with Crippen LogP contribution in [-0.4, -0.2) is 48.5 Å². The molecule has 0 aliphatic heterocycles. The molecule has 2 aromatic carbocycles. The van der Waals surface area contributed by atoms with Gasteiger partial charge in [-0.15, -0.1) is 0 Å². The Morgan fingerprint density at radius 1 is 1.07 bits per heavy atom. The summed E-state index contributed by atoms with van der Waals surface area (Å²) in [7, 11) is 5.65. The first-order valence-electron chi connectivity index (χ1n) is 9.93. The summed E-state index contributed by atoms with van der Waals surface area (Å²) in [6.45, 7) is 1.63. The summed E-state index contributed by atoms with van der Waals surface area (Å²) in [5.41, 5.74) is 3.32. The van der Waals surface area contributed by atoms with Crippen molar-refractivity contribution in [2.24, 2.45) is 0 Å². The van der Waals surface area contributed by atoms with E-state index in [1.165, 1.54) is 0 Å². The van der Waals surface area contributed by atoms with Gasteiger partial charge in [-0.1, -0.05) is 36.4 Å².